The molecule has 20 heavy (non-hydrogen) atoms. The van der Waals surface area contributed by atoms with E-state index in [1.54, 1.807) is 12.3 Å². The second kappa shape index (κ2) is 4.37. The maximum atomic E-state index is 14.3. The second-order valence-electron chi connectivity index (χ2n) is 5.09. The number of rotatable bonds is 2. The molecule has 0 radical (unpaired) electrons. The molecule has 1 saturated heterocycles. The average Bonchev–Trinajstić information content (AvgIpc) is 2.96. The second-order valence-corrected chi connectivity index (χ2v) is 5.09. The molecule has 3 rings (SSSR count). The van der Waals surface area contributed by atoms with Crippen LogP contribution in [0.4, 0.5) is 10.2 Å². The summed E-state index contributed by atoms with van der Waals surface area (Å²) < 4.78 is 21.2. The first kappa shape index (κ1) is 13.2. The number of anilines is 1. The van der Waals surface area contributed by atoms with Crippen molar-refractivity contribution in [1.29, 1.82) is 0 Å². The summed E-state index contributed by atoms with van der Waals surface area (Å²) in [5.74, 6) is 0.285. The molecule has 0 saturated carbocycles. The molecule has 2 aromatic heterocycles. The van der Waals surface area contributed by atoms with Crippen LogP contribution in [-0.2, 0) is 4.74 Å². The van der Waals surface area contributed by atoms with Crippen LogP contribution in [0.1, 0.15) is 13.2 Å². The van der Waals surface area contributed by atoms with Gasteiger partial charge in [0, 0.05) is 6.20 Å². The van der Waals surface area contributed by atoms with Crippen LogP contribution in [0.5, 0.6) is 0 Å². The van der Waals surface area contributed by atoms with Crippen molar-refractivity contribution in [2.45, 2.75) is 31.0 Å². The maximum absolute atomic E-state index is 14.3. The molecule has 108 valence electrons. The zero-order chi connectivity index (χ0) is 14.5. The fourth-order valence-electron chi connectivity index (χ4n) is 2.44. The lowest BCUT2D eigenvalue weighted by atomic mass is 9.99. The number of halogens is 1. The van der Waals surface area contributed by atoms with Gasteiger partial charge in [0.1, 0.15) is 29.5 Å². The van der Waals surface area contributed by atoms with Gasteiger partial charge in [0.25, 0.3) is 0 Å². The summed E-state index contributed by atoms with van der Waals surface area (Å²) in [6.07, 6.45) is -1.33. The summed E-state index contributed by atoms with van der Waals surface area (Å²) in [5, 5.41) is 19.7. The van der Waals surface area contributed by atoms with Crippen LogP contribution < -0.4 is 5.73 Å². The quantitative estimate of drug-likeness (QED) is 0.715. The summed E-state index contributed by atoms with van der Waals surface area (Å²) in [4.78, 5) is 7.92. The van der Waals surface area contributed by atoms with Crippen LogP contribution in [0.2, 0.25) is 0 Å². The fourth-order valence-corrected chi connectivity index (χ4v) is 2.44. The highest BCUT2D eigenvalue weighted by atomic mass is 19.1. The van der Waals surface area contributed by atoms with Gasteiger partial charge in [0.05, 0.1) is 12.0 Å². The van der Waals surface area contributed by atoms with Crippen LogP contribution in [0, 0.1) is 0 Å². The molecule has 0 aliphatic carbocycles. The minimum atomic E-state index is -1.68. The van der Waals surface area contributed by atoms with E-state index in [0.717, 1.165) is 0 Å². The van der Waals surface area contributed by atoms with Gasteiger partial charge in [-0.1, -0.05) is 0 Å². The van der Waals surface area contributed by atoms with Gasteiger partial charge in [-0.2, -0.15) is 0 Å². The number of alkyl halides is 1. The van der Waals surface area contributed by atoms with Crippen LogP contribution in [0.3, 0.4) is 0 Å². The van der Waals surface area contributed by atoms with Crippen molar-refractivity contribution in [2.75, 3.05) is 12.3 Å². The largest absolute Gasteiger partial charge is 0.393 e. The highest BCUT2D eigenvalue weighted by molar-refractivity contribution is 5.86. The van der Waals surface area contributed by atoms with Crippen LogP contribution in [0.25, 0.3) is 11.0 Å². The number of aliphatic hydroxyl groups is 2. The van der Waals surface area contributed by atoms with Crippen molar-refractivity contribution in [1.82, 2.24) is 14.5 Å². The monoisotopic (exact) mass is 282 g/mol. The summed E-state index contributed by atoms with van der Waals surface area (Å²) in [6, 6.07) is 1.65. The lowest BCUT2D eigenvalue weighted by Crippen LogP contribution is -2.42. The van der Waals surface area contributed by atoms with Gasteiger partial charge in [0.2, 0.25) is 0 Å². The fraction of sp³-hybridized carbons (Fsp3) is 0.500. The first-order valence-corrected chi connectivity index (χ1v) is 6.16. The van der Waals surface area contributed by atoms with E-state index in [0.29, 0.717) is 11.0 Å². The zero-order valence-corrected chi connectivity index (χ0v) is 10.8. The molecule has 0 spiro atoms. The van der Waals surface area contributed by atoms with Gasteiger partial charge >= 0.3 is 0 Å². The lowest BCUT2D eigenvalue weighted by Gasteiger charge is -2.24. The number of nitrogens with zero attached hydrogens (tertiary/aromatic N) is 3. The Hall–Kier alpha value is -1.77. The standard InChI is InChI=1S/C12H15FN4O3/c1-12(4-18)8(19)7(13)11(20-12)17-3-2-6-9(14)15-5-16-10(6)17/h2-3,5,7-8,11,18-19H,4H2,1H3,(H2,14,15,16). The predicted molar refractivity (Wildman–Crippen MR) is 68.5 cm³/mol. The van der Waals surface area contributed by atoms with Crippen molar-refractivity contribution in [2.24, 2.45) is 0 Å². The van der Waals surface area contributed by atoms with Crippen molar-refractivity contribution in [3.05, 3.63) is 18.6 Å². The minimum Gasteiger partial charge on any atom is -0.393 e. The molecule has 4 atom stereocenters. The average molecular weight is 282 g/mol. The topological polar surface area (TPSA) is 106 Å². The first-order valence-electron chi connectivity index (χ1n) is 6.16. The van der Waals surface area contributed by atoms with Gasteiger partial charge in [-0.25, -0.2) is 14.4 Å². The number of fused-ring (bicyclic) bond motifs is 1. The smallest absolute Gasteiger partial charge is 0.174 e. The molecular formula is C12H15FN4O3. The third kappa shape index (κ3) is 1.69. The van der Waals surface area contributed by atoms with Crippen molar-refractivity contribution < 1.29 is 19.3 Å². The Morgan fingerprint density at radius 2 is 2.30 bits per heavy atom. The number of hydrogen-bond donors (Lipinski definition) is 3. The molecule has 2 aromatic rings. The molecule has 0 aromatic carbocycles. The molecule has 0 amide bonds. The van der Waals surface area contributed by atoms with Gasteiger partial charge in [-0.05, 0) is 13.0 Å². The molecule has 4 unspecified atom stereocenters. The van der Waals surface area contributed by atoms with E-state index in [1.807, 2.05) is 0 Å². The van der Waals surface area contributed by atoms with E-state index < -0.39 is 30.7 Å². The van der Waals surface area contributed by atoms with Gasteiger partial charge < -0.3 is 25.3 Å². The highest BCUT2D eigenvalue weighted by Crippen LogP contribution is 2.40. The number of aromatic nitrogens is 3. The zero-order valence-electron chi connectivity index (χ0n) is 10.8. The van der Waals surface area contributed by atoms with E-state index in [1.165, 1.54) is 17.8 Å². The minimum absolute atomic E-state index is 0.285. The summed E-state index contributed by atoms with van der Waals surface area (Å²) in [5.41, 5.74) is 4.79. The van der Waals surface area contributed by atoms with Crippen molar-refractivity contribution >= 4 is 16.9 Å². The van der Waals surface area contributed by atoms with E-state index in [4.69, 9.17) is 10.5 Å². The third-order valence-electron chi connectivity index (χ3n) is 3.72. The van der Waals surface area contributed by atoms with Crippen LogP contribution in [-0.4, -0.2) is 49.2 Å². The van der Waals surface area contributed by atoms with Crippen molar-refractivity contribution in [3.63, 3.8) is 0 Å². The molecule has 3 heterocycles. The Labute approximate surface area is 113 Å². The number of ether oxygens (including phenoxy) is 1. The Balaban J connectivity index is 2.06. The maximum Gasteiger partial charge on any atom is 0.174 e. The van der Waals surface area contributed by atoms with E-state index in [2.05, 4.69) is 9.97 Å². The molecule has 1 aliphatic rings. The predicted octanol–water partition coefficient (Wildman–Crippen LogP) is -0.00770. The van der Waals surface area contributed by atoms with Crippen LogP contribution in [0.15, 0.2) is 18.6 Å². The molecule has 0 bridgehead atoms. The SMILES string of the molecule is CC1(CO)OC(n2ccc3c(N)ncnc32)C(F)C1O. The Bertz CT molecular complexity index is 649. The highest BCUT2D eigenvalue weighted by Gasteiger charge is 2.53. The number of nitrogens with two attached hydrogens (primary N) is 1. The van der Waals surface area contributed by atoms with Crippen LogP contribution >= 0.6 is 0 Å². The summed E-state index contributed by atoms with van der Waals surface area (Å²) in [7, 11) is 0. The number of aliphatic hydroxyl groups excluding tert-OH is 2. The van der Waals surface area contributed by atoms with Gasteiger partial charge in [-0.3, -0.25) is 0 Å². The van der Waals surface area contributed by atoms with Gasteiger partial charge in [-0.15, -0.1) is 0 Å². The Morgan fingerprint density at radius 1 is 1.55 bits per heavy atom. The molecule has 1 aliphatic heterocycles. The molecule has 4 N–H and O–H groups in total. The van der Waals surface area contributed by atoms with E-state index in [-0.39, 0.29) is 5.82 Å². The lowest BCUT2D eigenvalue weighted by molar-refractivity contribution is -0.115. The molecular weight excluding hydrogens is 267 g/mol. The Morgan fingerprint density at radius 3 is 2.95 bits per heavy atom. The third-order valence-corrected chi connectivity index (χ3v) is 3.72. The number of hydrogen-bond acceptors (Lipinski definition) is 6. The first-order chi connectivity index (χ1) is 9.48. The molecule has 7 nitrogen and oxygen atoms in total. The van der Waals surface area contributed by atoms with E-state index >= 15 is 0 Å². The van der Waals surface area contributed by atoms with E-state index in [9.17, 15) is 14.6 Å². The van der Waals surface area contributed by atoms with Crippen molar-refractivity contribution in [3.8, 4) is 0 Å². The van der Waals surface area contributed by atoms with Gasteiger partial charge in [0.15, 0.2) is 12.4 Å². The summed E-state index contributed by atoms with van der Waals surface area (Å²) >= 11 is 0. The summed E-state index contributed by atoms with van der Waals surface area (Å²) in [6.45, 7) is 0.973. The molecule has 1 fully saturated rings. The number of nitrogen functional groups attached to an aromatic ring is 1. The normalized spacial score (nSPS) is 33.9. The Kier molecular flexibility index (Phi) is 2.89. The molecule has 8 heteroatoms.